The maximum Gasteiger partial charge on any atom is 0.123 e. The van der Waals surface area contributed by atoms with Gasteiger partial charge in [-0.25, -0.2) is 4.39 Å². The Bertz CT molecular complexity index is 620. The zero-order valence-electron chi connectivity index (χ0n) is 12.2. The molecule has 0 saturated carbocycles. The molecule has 0 amide bonds. The largest absolute Gasteiger partial charge is 0.492 e. The molecule has 2 atom stereocenters. The van der Waals surface area contributed by atoms with Crippen LogP contribution in [-0.2, 0) is 6.42 Å². The van der Waals surface area contributed by atoms with Gasteiger partial charge in [-0.1, -0.05) is 11.6 Å². The molecular formula is C16H18ClFN2O2. The standard InChI is InChI=1S/C16H18ClFN2O2/c1-16(21,9-13-8-11(17)6-7-20-13)15(19)10-22-14-4-2-12(18)3-5-14/h2-8,15,21H,9-10,19H2,1H3. The summed E-state index contributed by atoms with van der Waals surface area (Å²) in [5.74, 6) is 0.157. The molecule has 1 aromatic heterocycles. The Morgan fingerprint density at radius 1 is 1.36 bits per heavy atom. The van der Waals surface area contributed by atoms with Crippen LogP contribution in [0, 0.1) is 5.82 Å². The molecule has 1 aromatic carbocycles. The van der Waals surface area contributed by atoms with Crippen LogP contribution >= 0.6 is 11.6 Å². The Hall–Kier alpha value is -1.69. The van der Waals surface area contributed by atoms with Crippen LogP contribution in [0.15, 0.2) is 42.6 Å². The SMILES string of the molecule is CC(O)(Cc1cc(Cl)ccn1)C(N)COc1ccc(F)cc1. The van der Waals surface area contributed by atoms with Crippen molar-refractivity contribution in [2.45, 2.75) is 25.0 Å². The number of aliphatic hydroxyl groups is 1. The lowest BCUT2D eigenvalue weighted by molar-refractivity contribution is 0.0164. The molecule has 22 heavy (non-hydrogen) atoms. The number of ether oxygens (including phenoxy) is 1. The molecule has 4 nitrogen and oxygen atoms in total. The van der Waals surface area contributed by atoms with E-state index in [1.54, 1.807) is 25.3 Å². The van der Waals surface area contributed by atoms with Crippen LogP contribution in [0.1, 0.15) is 12.6 Å². The van der Waals surface area contributed by atoms with Crippen molar-refractivity contribution in [3.05, 3.63) is 59.1 Å². The minimum Gasteiger partial charge on any atom is -0.492 e. The zero-order valence-corrected chi connectivity index (χ0v) is 12.9. The Balaban J connectivity index is 1.94. The van der Waals surface area contributed by atoms with Crippen molar-refractivity contribution in [1.29, 1.82) is 0 Å². The van der Waals surface area contributed by atoms with E-state index in [1.807, 2.05) is 0 Å². The highest BCUT2D eigenvalue weighted by molar-refractivity contribution is 6.30. The number of nitrogens with two attached hydrogens (primary N) is 1. The van der Waals surface area contributed by atoms with Gasteiger partial charge in [0.15, 0.2) is 0 Å². The lowest BCUT2D eigenvalue weighted by Gasteiger charge is -2.29. The Labute approximate surface area is 133 Å². The van der Waals surface area contributed by atoms with Crippen LogP contribution in [-0.4, -0.2) is 28.3 Å². The highest BCUT2D eigenvalue weighted by atomic mass is 35.5. The van der Waals surface area contributed by atoms with Crippen LogP contribution in [0.4, 0.5) is 4.39 Å². The van der Waals surface area contributed by atoms with Crippen molar-refractivity contribution in [3.63, 3.8) is 0 Å². The number of pyridine rings is 1. The maximum atomic E-state index is 12.8. The van der Waals surface area contributed by atoms with Crippen LogP contribution in [0.3, 0.4) is 0 Å². The fourth-order valence-electron chi connectivity index (χ4n) is 1.94. The van der Waals surface area contributed by atoms with Crippen molar-refractivity contribution in [2.24, 2.45) is 5.73 Å². The predicted molar refractivity (Wildman–Crippen MR) is 83.4 cm³/mol. The monoisotopic (exact) mass is 324 g/mol. The van der Waals surface area contributed by atoms with Gasteiger partial charge in [-0.15, -0.1) is 0 Å². The number of benzene rings is 1. The molecule has 2 unspecified atom stereocenters. The molecule has 0 radical (unpaired) electrons. The minimum atomic E-state index is -1.21. The van der Waals surface area contributed by atoms with Crippen molar-refractivity contribution < 1.29 is 14.2 Å². The van der Waals surface area contributed by atoms with Crippen molar-refractivity contribution in [2.75, 3.05) is 6.61 Å². The lowest BCUT2D eigenvalue weighted by Crippen LogP contribution is -2.50. The molecule has 0 aliphatic heterocycles. The van der Waals surface area contributed by atoms with E-state index in [0.717, 1.165) is 0 Å². The second-order valence-corrected chi connectivity index (χ2v) is 5.81. The summed E-state index contributed by atoms with van der Waals surface area (Å²) in [6, 6.07) is 8.33. The van der Waals surface area contributed by atoms with E-state index in [4.69, 9.17) is 22.1 Å². The summed E-state index contributed by atoms with van der Waals surface area (Å²) >= 11 is 5.90. The number of hydrogen-bond acceptors (Lipinski definition) is 4. The molecule has 118 valence electrons. The maximum absolute atomic E-state index is 12.8. The van der Waals surface area contributed by atoms with Gasteiger partial charge in [-0.05, 0) is 43.3 Å². The normalized spacial score (nSPS) is 15.1. The van der Waals surface area contributed by atoms with Gasteiger partial charge < -0.3 is 15.6 Å². The molecule has 0 aliphatic carbocycles. The summed E-state index contributed by atoms with van der Waals surface area (Å²) in [7, 11) is 0. The summed E-state index contributed by atoms with van der Waals surface area (Å²) in [5.41, 5.74) is 5.44. The van der Waals surface area contributed by atoms with E-state index in [0.29, 0.717) is 16.5 Å². The quantitative estimate of drug-likeness (QED) is 0.857. The molecule has 2 aromatic rings. The second-order valence-electron chi connectivity index (χ2n) is 5.37. The topological polar surface area (TPSA) is 68.4 Å². The van der Waals surface area contributed by atoms with Crippen LogP contribution in [0.5, 0.6) is 5.75 Å². The highest BCUT2D eigenvalue weighted by Crippen LogP contribution is 2.19. The van der Waals surface area contributed by atoms with E-state index in [1.165, 1.54) is 24.3 Å². The summed E-state index contributed by atoms with van der Waals surface area (Å²) < 4.78 is 18.3. The van der Waals surface area contributed by atoms with Crippen LogP contribution < -0.4 is 10.5 Å². The molecule has 0 bridgehead atoms. The Morgan fingerprint density at radius 2 is 2.05 bits per heavy atom. The summed E-state index contributed by atoms with van der Waals surface area (Å²) in [5, 5.41) is 11.1. The highest BCUT2D eigenvalue weighted by Gasteiger charge is 2.30. The predicted octanol–water partition coefficient (Wildman–Crippen LogP) is 2.57. The van der Waals surface area contributed by atoms with Gasteiger partial charge >= 0.3 is 0 Å². The van der Waals surface area contributed by atoms with Gasteiger partial charge in [0.2, 0.25) is 0 Å². The fourth-order valence-corrected chi connectivity index (χ4v) is 2.12. The Kier molecular flexibility index (Phi) is 5.34. The second kappa shape index (κ2) is 7.05. The van der Waals surface area contributed by atoms with Gasteiger partial charge in [0.05, 0.1) is 11.6 Å². The van der Waals surface area contributed by atoms with Gasteiger partial charge in [0, 0.05) is 23.3 Å². The zero-order chi connectivity index (χ0) is 16.2. The van der Waals surface area contributed by atoms with Gasteiger partial charge in [-0.2, -0.15) is 0 Å². The first kappa shape index (κ1) is 16.7. The van der Waals surface area contributed by atoms with E-state index in [-0.39, 0.29) is 18.8 Å². The van der Waals surface area contributed by atoms with Crippen LogP contribution in [0.2, 0.25) is 5.02 Å². The number of halogens is 2. The summed E-state index contributed by atoms with van der Waals surface area (Å²) in [6.45, 7) is 1.72. The van der Waals surface area contributed by atoms with Crippen LogP contribution in [0.25, 0.3) is 0 Å². The van der Waals surface area contributed by atoms with Crippen molar-refractivity contribution in [1.82, 2.24) is 4.98 Å². The van der Waals surface area contributed by atoms with E-state index >= 15 is 0 Å². The number of rotatable bonds is 6. The van der Waals surface area contributed by atoms with Gasteiger partial charge in [0.25, 0.3) is 0 Å². The third-order valence-corrected chi connectivity index (χ3v) is 3.59. The molecule has 2 rings (SSSR count). The number of hydrogen-bond donors (Lipinski definition) is 2. The molecule has 0 saturated heterocycles. The molecule has 0 spiro atoms. The third-order valence-electron chi connectivity index (χ3n) is 3.36. The first-order valence-corrected chi connectivity index (χ1v) is 7.21. The average molecular weight is 325 g/mol. The van der Waals surface area contributed by atoms with Crippen molar-refractivity contribution >= 4 is 11.6 Å². The molecule has 0 aliphatic rings. The smallest absolute Gasteiger partial charge is 0.123 e. The number of aromatic nitrogens is 1. The third kappa shape index (κ3) is 4.66. The summed E-state index contributed by atoms with van der Waals surface area (Å²) in [6.07, 6.45) is 1.83. The fraction of sp³-hybridized carbons (Fsp3) is 0.312. The molecule has 0 fully saturated rings. The first-order valence-electron chi connectivity index (χ1n) is 6.83. The number of nitrogens with zero attached hydrogens (tertiary/aromatic N) is 1. The Morgan fingerprint density at radius 3 is 2.68 bits per heavy atom. The average Bonchev–Trinajstić information content (AvgIpc) is 2.46. The molecular weight excluding hydrogens is 307 g/mol. The van der Waals surface area contributed by atoms with E-state index in [2.05, 4.69) is 4.98 Å². The van der Waals surface area contributed by atoms with Gasteiger partial charge in [0.1, 0.15) is 18.2 Å². The molecule has 1 heterocycles. The summed E-state index contributed by atoms with van der Waals surface area (Å²) in [4.78, 5) is 4.15. The van der Waals surface area contributed by atoms with E-state index < -0.39 is 11.6 Å². The van der Waals surface area contributed by atoms with Gasteiger partial charge in [-0.3, -0.25) is 4.98 Å². The molecule has 3 N–H and O–H groups in total. The van der Waals surface area contributed by atoms with E-state index in [9.17, 15) is 9.50 Å². The van der Waals surface area contributed by atoms with Crippen molar-refractivity contribution in [3.8, 4) is 5.75 Å². The minimum absolute atomic E-state index is 0.0964. The first-order chi connectivity index (χ1) is 10.4. The molecule has 6 heteroatoms. The lowest BCUT2D eigenvalue weighted by atomic mass is 9.92.